The van der Waals surface area contributed by atoms with Crippen molar-refractivity contribution in [1.82, 2.24) is 0 Å². The second-order valence-electron chi connectivity index (χ2n) is 1.92. The summed E-state index contributed by atoms with van der Waals surface area (Å²) in [6.07, 6.45) is 2.41. The second kappa shape index (κ2) is 5.90. The Morgan fingerprint density at radius 3 is 2.09 bits per heavy atom. The van der Waals surface area contributed by atoms with Crippen LogP contribution in [-0.4, -0.2) is 19.4 Å². The van der Waals surface area contributed by atoms with Crippen molar-refractivity contribution in [2.24, 2.45) is 0 Å². The van der Waals surface area contributed by atoms with Gasteiger partial charge in [-0.2, -0.15) is 0 Å². The van der Waals surface area contributed by atoms with E-state index in [9.17, 15) is 0 Å². The van der Waals surface area contributed by atoms with Crippen molar-refractivity contribution in [1.29, 1.82) is 0 Å². The third-order valence-corrected chi connectivity index (χ3v) is 4.09. The summed E-state index contributed by atoms with van der Waals surface area (Å²) >= 11 is 5.19. The van der Waals surface area contributed by atoms with E-state index in [0.717, 1.165) is 0 Å². The third kappa shape index (κ3) is 4.70. The minimum atomic E-state index is -2.00. The molecule has 0 aliphatic heterocycles. The molecule has 0 N–H and O–H groups in total. The average Bonchev–Trinajstić information content (AvgIpc) is 1.88. The Morgan fingerprint density at radius 2 is 1.82 bits per heavy atom. The van der Waals surface area contributed by atoms with Crippen LogP contribution in [0, 0.1) is 0 Å². The lowest BCUT2D eigenvalue weighted by Gasteiger charge is -2.18. The van der Waals surface area contributed by atoms with Crippen LogP contribution in [0.15, 0.2) is 12.7 Å². The van der Waals surface area contributed by atoms with Gasteiger partial charge in [0, 0.05) is 6.16 Å². The largest absolute Gasteiger partial charge is 0.329 e. The highest BCUT2D eigenvalue weighted by Gasteiger charge is 2.14. The van der Waals surface area contributed by atoms with Crippen molar-refractivity contribution >= 4 is 18.3 Å². The minimum Gasteiger partial charge on any atom is -0.329 e. The molecule has 0 atom stereocenters. The summed E-state index contributed by atoms with van der Waals surface area (Å²) in [5.74, 6) is 0. The fourth-order valence-corrected chi connectivity index (χ4v) is 3.03. The molecule has 11 heavy (non-hydrogen) atoms. The van der Waals surface area contributed by atoms with Crippen molar-refractivity contribution in [3.8, 4) is 0 Å². The molecule has 0 aromatic heterocycles. The first-order chi connectivity index (χ1) is 5.18. The van der Waals surface area contributed by atoms with Gasteiger partial charge in [-0.05, 0) is 25.7 Å². The monoisotopic (exact) mass is 194 g/mol. The van der Waals surface area contributed by atoms with E-state index in [-0.39, 0.29) is 0 Å². The smallest absolute Gasteiger partial charge is 0.192 e. The summed E-state index contributed by atoms with van der Waals surface area (Å²) in [5, 5.41) is 0. The standard InChI is InChI=1S/C7H15O2PS/c1-4-7-10(11,8-5-2)9-6-3/h4H,1,5-7H2,2-3H3. The molecule has 0 saturated heterocycles. The highest BCUT2D eigenvalue weighted by atomic mass is 32.5. The first-order valence-electron chi connectivity index (χ1n) is 3.67. The summed E-state index contributed by atoms with van der Waals surface area (Å²) in [6, 6.07) is 0. The molecule has 0 bridgehead atoms. The summed E-state index contributed by atoms with van der Waals surface area (Å²) in [6.45, 7) is 6.68. The lowest BCUT2D eigenvalue weighted by atomic mass is 10.8. The zero-order valence-electron chi connectivity index (χ0n) is 7.08. The maximum absolute atomic E-state index is 5.34. The van der Waals surface area contributed by atoms with E-state index < -0.39 is 6.49 Å². The van der Waals surface area contributed by atoms with Crippen molar-refractivity contribution < 1.29 is 9.05 Å². The van der Waals surface area contributed by atoms with Gasteiger partial charge in [-0.1, -0.05) is 6.08 Å². The molecular weight excluding hydrogens is 179 g/mol. The molecule has 0 aromatic rings. The van der Waals surface area contributed by atoms with Gasteiger partial charge in [0.05, 0.1) is 13.2 Å². The minimum absolute atomic E-state index is 0.616. The molecule has 0 unspecified atom stereocenters. The van der Waals surface area contributed by atoms with Crippen LogP contribution in [0.5, 0.6) is 0 Å². The SMILES string of the molecule is C=CCP(=S)(OCC)OCC. The van der Waals surface area contributed by atoms with Crippen LogP contribution >= 0.6 is 6.49 Å². The molecular formula is C7H15O2PS. The Morgan fingerprint density at radius 1 is 1.36 bits per heavy atom. The van der Waals surface area contributed by atoms with Gasteiger partial charge in [-0.3, -0.25) is 0 Å². The van der Waals surface area contributed by atoms with Crippen LogP contribution in [0.3, 0.4) is 0 Å². The van der Waals surface area contributed by atoms with Gasteiger partial charge in [0.2, 0.25) is 0 Å². The summed E-state index contributed by atoms with van der Waals surface area (Å²) in [5.41, 5.74) is 0. The molecule has 0 aliphatic rings. The van der Waals surface area contributed by atoms with E-state index >= 15 is 0 Å². The lowest BCUT2D eigenvalue weighted by Crippen LogP contribution is -1.97. The Bertz CT molecular complexity index is 149. The van der Waals surface area contributed by atoms with Crippen molar-refractivity contribution in [3.63, 3.8) is 0 Å². The molecule has 0 radical (unpaired) electrons. The highest BCUT2D eigenvalue weighted by molar-refractivity contribution is 8.10. The summed E-state index contributed by atoms with van der Waals surface area (Å²) < 4.78 is 10.7. The van der Waals surface area contributed by atoms with E-state index in [1.807, 2.05) is 13.8 Å². The molecule has 2 nitrogen and oxygen atoms in total. The molecule has 0 aliphatic carbocycles. The van der Waals surface area contributed by atoms with Gasteiger partial charge in [0.25, 0.3) is 0 Å². The number of hydrogen-bond acceptors (Lipinski definition) is 3. The zero-order chi connectivity index (χ0) is 8.74. The Kier molecular flexibility index (Phi) is 6.06. The average molecular weight is 194 g/mol. The van der Waals surface area contributed by atoms with E-state index in [2.05, 4.69) is 6.58 Å². The molecule has 0 aromatic carbocycles. The van der Waals surface area contributed by atoms with E-state index in [1.165, 1.54) is 0 Å². The first-order valence-corrected chi connectivity index (χ1v) is 6.50. The fourth-order valence-electron chi connectivity index (χ4n) is 0.694. The van der Waals surface area contributed by atoms with E-state index in [1.54, 1.807) is 6.08 Å². The van der Waals surface area contributed by atoms with E-state index in [4.69, 9.17) is 20.9 Å². The van der Waals surface area contributed by atoms with Gasteiger partial charge in [-0.15, -0.1) is 6.58 Å². The molecule has 0 spiro atoms. The topological polar surface area (TPSA) is 18.5 Å². The van der Waals surface area contributed by atoms with Crippen LogP contribution in [0.1, 0.15) is 13.8 Å². The third-order valence-electron chi connectivity index (χ3n) is 1.00. The van der Waals surface area contributed by atoms with E-state index in [0.29, 0.717) is 19.4 Å². The van der Waals surface area contributed by atoms with Gasteiger partial charge in [0.15, 0.2) is 6.49 Å². The van der Waals surface area contributed by atoms with Gasteiger partial charge in [-0.25, -0.2) is 0 Å². The van der Waals surface area contributed by atoms with Crippen molar-refractivity contribution in [2.45, 2.75) is 13.8 Å². The zero-order valence-corrected chi connectivity index (χ0v) is 8.79. The normalized spacial score (nSPS) is 11.5. The number of hydrogen-bond donors (Lipinski definition) is 0. The summed E-state index contributed by atoms with van der Waals surface area (Å²) in [4.78, 5) is 0. The van der Waals surface area contributed by atoms with Gasteiger partial charge >= 0.3 is 0 Å². The Labute approximate surface area is 73.8 Å². The number of rotatable bonds is 6. The molecule has 66 valence electrons. The lowest BCUT2D eigenvalue weighted by molar-refractivity contribution is 0.269. The number of allylic oxidation sites excluding steroid dienone is 1. The molecule has 0 amide bonds. The van der Waals surface area contributed by atoms with Crippen molar-refractivity contribution in [2.75, 3.05) is 19.4 Å². The second-order valence-corrected chi connectivity index (χ2v) is 5.69. The molecule has 0 fully saturated rings. The predicted molar refractivity (Wildman–Crippen MR) is 52.6 cm³/mol. The van der Waals surface area contributed by atoms with Gasteiger partial charge in [0.1, 0.15) is 0 Å². The first kappa shape index (κ1) is 11.3. The van der Waals surface area contributed by atoms with Crippen LogP contribution in [0.4, 0.5) is 0 Å². The Balaban J connectivity index is 4.01. The molecule has 0 rings (SSSR count). The molecule has 4 heteroatoms. The quantitative estimate of drug-likeness (QED) is 0.478. The fraction of sp³-hybridized carbons (Fsp3) is 0.714. The predicted octanol–water partition coefficient (Wildman–Crippen LogP) is 2.55. The highest BCUT2D eigenvalue weighted by Crippen LogP contribution is 2.48. The van der Waals surface area contributed by atoms with Crippen LogP contribution in [0.2, 0.25) is 0 Å². The van der Waals surface area contributed by atoms with Crippen LogP contribution in [0.25, 0.3) is 0 Å². The van der Waals surface area contributed by atoms with Crippen molar-refractivity contribution in [3.05, 3.63) is 12.7 Å². The Hall–Kier alpha value is 0.310. The van der Waals surface area contributed by atoms with Crippen LogP contribution < -0.4 is 0 Å². The van der Waals surface area contributed by atoms with Gasteiger partial charge < -0.3 is 9.05 Å². The molecule has 0 heterocycles. The summed E-state index contributed by atoms with van der Waals surface area (Å²) in [7, 11) is 0. The molecule has 0 saturated carbocycles. The maximum Gasteiger partial charge on any atom is 0.192 e. The van der Waals surface area contributed by atoms with Crippen LogP contribution in [-0.2, 0) is 20.9 Å². The maximum atomic E-state index is 5.34.